The van der Waals surface area contributed by atoms with Crippen LogP contribution < -0.4 is 5.73 Å². The average molecular weight is 141 g/mol. The molecule has 0 radical (unpaired) electrons. The molecule has 2 N–H and O–H groups in total. The van der Waals surface area contributed by atoms with Gasteiger partial charge >= 0.3 is 0 Å². The van der Waals surface area contributed by atoms with Gasteiger partial charge in [-0.1, -0.05) is 26.7 Å². The quantitative estimate of drug-likeness (QED) is 0.594. The van der Waals surface area contributed by atoms with Crippen molar-refractivity contribution in [2.45, 2.75) is 33.1 Å². The standard InChI is InChI=1S/C9H19N/c1-7-4-3-5-9(6-10)8(7)2/h7-9H,3-6,10H2,1-2H3/t7-,8+,9+/m1/s1. The summed E-state index contributed by atoms with van der Waals surface area (Å²) in [6.45, 7) is 5.60. The van der Waals surface area contributed by atoms with Crippen LogP contribution in [0.2, 0.25) is 0 Å². The Balaban J connectivity index is 2.42. The van der Waals surface area contributed by atoms with Gasteiger partial charge in [-0.2, -0.15) is 0 Å². The van der Waals surface area contributed by atoms with Gasteiger partial charge in [-0.25, -0.2) is 0 Å². The van der Waals surface area contributed by atoms with E-state index in [0.29, 0.717) is 0 Å². The van der Waals surface area contributed by atoms with Crippen LogP contribution in [0.1, 0.15) is 33.1 Å². The van der Waals surface area contributed by atoms with Crippen molar-refractivity contribution in [1.29, 1.82) is 0 Å². The van der Waals surface area contributed by atoms with Crippen molar-refractivity contribution in [2.24, 2.45) is 23.5 Å². The molecule has 0 saturated heterocycles. The van der Waals surface area contributed by atoms with Crippen molar-refractivity contribution in [2.75, 3.05) is 6.54 Å². The fraction of sp³-hybridized carbons (Fsp3) is 1.00. The minimum Gasteiger partial charge on any atom is -0.330 e. The molecule has 10 heavy (non-hydrogen) atoms. The highest BCUT2D eigenvalue weighted by Crippen LogP contribution is 2.33. The molecule has 1 fully saturated rings. The third kappa shape index (κ3) is 1.51. The van der Waals surface area contributed by atoms with Crippen LogP contribution in [0.25, 0.3) is 0 Å². The van der Waals surface area contributed by atoms with E-state index in [0.717, 1.165) is 24.3 Å². The zero-order valence-corrected chi connectivity index (χ0v) is 7.14. The van der Waals surface area contributed by atoms with Crippen molar-refractivity contribution in [3.63, 3.8) is 0 Å². The number of hydrogen-bond acceptors (Lipinski definition) is 1. The molecule has 0 amide bonds. The molecule has 0 spiro atoms. The molecule has 0 bridgehead atoms. The van der Waals surface area contributed by atoms with Crippen molar-refractivity contribution in [3.05, 3.63) is 0 Å². The zero-order valence-electron chi connectivity index (χ0n) is 7.14. The Bertz CT molecular complexity index is 101. The minimum absolute atomic E-state index is 0.809. The second-order valence-electron chi connectivity index (χ2n) is 3.76. The van der Waals surface area contributed by atoms with Crippen molar-refractivity contribution in [1.82, 2.24) is 0 Å². The van der Waals surface area contributed by atoms with E-state index < -0.39 is 0 Å². The van der Waals surface area contributed by atoms with Crippen LogP contribution in [0.5, 0.6) is 0 Å². The highest BCUT2D eigenvalue weighted by Gasteiger charge is 2.25. The maximum atomic E-state index is 5.66. The predicted octanol–water partition coefficient (Wildman–Crippen LogP) is 2.02. The van der Waals surface area contributed by atoms with Gasteiger partial charge in [-0.15, -0.1) is 0 Å². The Labute approximate surface area is 64.0 Å². The molecule has 1 aliphatic carbocycles. The maximum Gasteiger partial charge on any atom is -0.00462 e. The molecule has 1 nitrogen and oxygen atoms in total. The molecule has 0 aromatic rings. The number of nitrogens with two attached hydrogens (primary N) is 1. The van der Waals surface area contributed by atoms with Crippen LogP contribution in [-0.4, -0.2) is 6.54 Å². The molecular formula is C9H19N. The minimum atomic E-state index is 0.809. The summed E-state index contributed by atoms with van der Waals surface area (Å²) in [4.78, 5) is 0. The Morgan fingerprint density at radius 3 is 2.50 bits per heavy atom. The summed E-state index contributed by atoms with van der Waals surface area (Å²) >= 11 is 0. The SMILES string of the molecule is C[C@@H]1[C@H](CN)CCC[C@H]1C. The van der Waals surface area contributed by atoms with Crippen molar-refractivity contribution in [3.8, 4) is 0 Å². The molecule has 0 heterocycles. The highest BCUT2D eigenvalue weighted by atomic mass is 14.6. The van der Waals surface area contributed by atoms with Crippen LogP contribution >= 0.6 is 0 Å². The van der Waals surface area contributed by atoms with Gasteiger partial charge in [0, 0.05) is 0 Å². The molecule has 1 heteroatoms. The lowest BCUT2D eigenvalue weighted by atomic mass is 9.74. The molecule has 0 aromatic heterocycles. The van der Waals surface area contributed by atoms with Crippen molar-refractivity contribution < 1.29 is 0 Å². The fourth-order valence-corrected chi connectivity index (χ4v) is 2.02. The summed E-state index contributed by atoms with van der Waals surface area (Å²) in [6.07, 6.45) is 4.17. The first-order valence-corrected chi connectivity index (χ1v) is 4.45. The van der Waals surface area contributed by atoms with Gasteiger partial charge in [0.15, 0.2) is 0 Å². The largest absolute Gasteiger partial charge is 0.330 e. The van der Waals surface area contributed by atoms with Gasteiger partial charge in [0.25, 0.3) is 0 Å². The van der Waals surface area contributed by atoms with E-state index in [1.807, 2.05) is 0 Å². The average Bonchev–Trinajstić information content (AvgIpc) is 1.95. The van der Waals surface area contributed by atoms with Gasteiger partial charge in [0.1, 0.15) is 0 Å². The highest BCUT2D eigenvalue weighted by molar-refractivity contribution is 4.77. The van der Waals surface area contributed by atoms with Crippen LogP contribution in [0.4, 0.5) is 0 Å². The maximum absolute atomic E-state index is 5.66. The second kappa shape index (κ2) is 3.38. The van der Waals surface area contributed by atoms with Gasteiger partial charge in [0.2, 0.25) is 0 Å². The summed E-state index contributed by atoms with van der Waals surface area (Å²) in [6, 6.07) is 0. The van der Waals surface area contributed by atoms with Gasteiger partial charge < -0.3 is 5.73 Å². The summed E-state index contributed by atoms with van der Waals surface area (Å²) in [5.41, 5.74) is 5.66. The van der Waals surface area contributed by atoms with Crippen LogP contribution in [0.15, 0.2) is 0 Å². The molecule has 60 valence electrons. The molecular weight excluding hydrogens is 122 g/mol. The molecule has 0 aromatic carbocycles. The topological polar surface area (TPSA) is 26.0 Å². The summed E-state index contributed by atoms with van der Waals surface area (Å²) in [7, 11) is 0. The smallest absolute Gasteiger partial charge is 0.00462 e. The number of hydrogen-bond donors (Lipinski definition) is 1. The lowest BCUT2D eigenvalue weighted by Crippen LogP contribution is -2.29. The third-order valence-corrected chi connectivity index (χ3v) is 3.18. The van der Waals surface area contributed by atoms with Gasteiger partial charge in [0.05, 0.1) is 0 Å². The van der Waals surface area contributed by atoms with Crippen LogP contribution in [0, 0.1) is 17.8 Å². The Morgan fingerprint density at radius 1 is 1.30 bits per heavy atom. The third-order valence-electron chi connectivity index (χ3n) is 3.18. The molecule has 1 saturated carbocycles. The van der Waals surface area contributed by atoms with E-state index >= 15 is 0 Å². The monoisotopic (exact) mass is 141 g/mol. The molecule has 3 atom stereocenters. The fourth-order valence-electron chi connectivity index (χ4n) is 2.02. The summed E-state index contributed by atoms with van der Waals surface area (Å²) < 4.78 is 0. The second-order valence-corrected chi connectivity index (χ2v) is 3.76. The first-order valence-electron chi connectivity index (χ1n) is 4.45. The van der Waals surface area contributed by atoms with Gasteiger partial charge in [-0.05, 0) is 30.7 Å². The van der Waals surface area contributed by atoms with Gasteiger partial charge in [-0.3, -0.25) is 0 Å². The predicted molar refractivity (Wildman–Crippen MR) is 44.7 cm³/mol. The van der Waals surface area contributed by atoms with Crippen molar-refractivity contribution >= 4 is 0 Å². The summed E-state index contributed by atoms with van der Waals surface area (Å²) in [5.74, 6) is 2.57. The zero-order chi connectivity index (χ0) is 7.56. The molecule has 1 aliphatic rings. The first-order chi connectivity index (χ1) is 4.75. The van der Waals surface area contributed by atoms with E-state index in [1.165, 1.54) is 19.3 Å². The number of rotatable bonds is 1. The Kier molecular flexibility index (Phi) is 2.72. The summed E-state index contributed by atoms with van der Waals surface area (Å²) in [5, 5.41) is 0. The van der Waals surface area contributed by atoms with E-state index in [4.69, 9.17) is 5.73 Å². The Hall–Kier alpha value is -0.0400. The van der Waals surface area contributed by atoms with E-state index in [2.05, 4.69) is 13.8 Å². The lowest BCUT2D eigenvalue weighted by molar-refractivity contribution is 0.188. The Morgan fingerprint density at radius 2 is 2.00 bits per heavy atom. The van der Waals surface area contributed by atoms with E-state index in [-0.39, 0.29) is 0 Å². The van der Waals surface area contributed by atoms with Crippen LogP contribution in [-0.2, 0) is 0 Å². The lowest BCUT2D eigenvalue weighted by Gasteiger charge is -2.33. The first kappa shape index (κ1) is 8.06. The molecule has 0 unspecified atom stereocenters. The molecule has 1 rings (SSSR count). The van der Waals surface area contributed by atoms with Crippen LogP contribution in [0.3, 0.4) is 0 Å². The molecule has 0 aliphatic heterocycles. The van der Waals surface area contributed by atoms with E-state index in [9.17, 15) is 0 Å². The normalized spacial score (nSPS) is 41.7. The van der Waals surface area contributed by atoms with E-state index in [1.54, 1.807) is 0 Å².